The average Bonchev–Trinajstić information content (AvgIpc) is 2.87. The summed E-state index contributed by atoms with van der Waals surface area (Å²) in [4.78, 5) is 17.3. The second-order valence-corrected chi connectivity index (χ2v) is 7.82. The number of aromatic amines is 1. The number of H-pyrrole nitrogens is 1. The number of aromatic hydroxyl groups is 1. The highest BCUT2D eigenvalue weighted by atomic mass is 35.5. The van der Waals surface area contributed by atoms with Crippen molar-refractivity contribution >= 4 is 23.2 Å². The fourth-order valence-electron chi connectivity index (χ4n) is 3.86. The third-order valence-electron chi connectivity index (χ3n) is 5.09. The summed E-state index contributed by atoms with van der Waals surface area (Å²) < 4.78 is 1.31. The van der Waals surface area contributed by atoms with E-state index in [1.807, 2.05) is 37.4 Å². The molecule has 1 aromatic heterocycles. The molecule has 2 aromatic carbocycles. The van der Waals surface area contributed by atoms with Crippen LogP contribution in [0.2, 0.25) is 10.0 Å². The minimum absolute atomic E-state index is 0.0346. The monoisotopic (exact) mass is 403 g/mol. The van der Waals surface area contributed by atoms with E-state index in [4.69, 9.17) is 23.2 Å². The van der Waals surface area contributed by atoms with Gasteiger partial charge in [0.25, 0.3) is 0 Å². The van der Waals surface area contributed by atoms with Crippen LogP contribution in [0.1, 0.15) is 28.3 Å². The van der Waals surface area contributed by atoms with Gasteiger partial charge in [0.05, 0.1) is 11.4 Å². The molecule has 1 aliphatic heterocycles. The summed E-state index contributed by atoms with van der Waals surface area (Å²) in [6.07, 6.45) is 0. The number of aryl methyl sites for hydroxylation is 1. The van der Waals surface area contributed by atoms with Crippen LogP contribution in [0.15, 0.2) is 41.2 Å². The number of hydrogen-bond acceptors (Lipinski definition) is 3. The summed E-state index contributed by atoms with van der Waals surface area (Å²) in [7, 11) is 2.04. The number of aromatic nitrogens is 2. The molecular formula is C20H19Cl2N3O2. The molecule has 7 heteroatoms. The molecule has 0 bridgehead atoms. The molecule has 2 N–H and O–H groups in total. The van der Waals surface area contributed by atoms with Crippen molar-refractivity contribution in [2.75, 3.05) is 13.6 Å². The SMILES string of the molecule is Cc1[nH]c(=O)n(-c2ccccc2[C@@H]2CN(C)Cc3c(Cl)cc(Cl)cc32)c1O. The number of para-hydroxylation sites is 1. The van der Waals surface area contributed by atoms with Crippen LogP contribution >= 0.6 is 23.2 Å². The Morgan fingerprint density at radius 3 is 2.63 bits per heavy atom. The number of likely N-dealkylation sites (N-methyl/N-ethyl adjacent to an activating group) is 1. The molecule has 0 saturated carbocycles. The van der Waals surface area contributed by atoms with E-state index in [1.165, 1.54) is 4.57 Å². The Balaban J connectivity index is 1.96. The normalized spacial score (nSPS) is 17.1. The smallest absolute Gasteiger partial charge is 0.333 e. The molecule has 3 aromatic rings. The Hall–Kier alpha value is -2.21. The van der Waals surface area contributed by atoms with Gasteiger partial charge >= 0.3 is 5.69 Å². The van der Waals surface area contributed by atoms with Crippen molar-refractivity contribution in [1.82, 2.24) is 14.5 Å². The molecule has 140 valence electrons. The fourth-order valence-corrected chi connectivity index (χ4v) is 4.43. The molecule has 0 aliphatic carbocycles. The molecule has 1 aliphatic rings. The summed E-state index contributed by atoms with van der Waals surface area (Å²) in [5.74, 6) is -0.117. The average molecular weight is 404 g/mol. The second-order valence-electron chi connectivity index (χ2n) is 6.98. The molecule has 0 saturated heterocycles. The summed E-state index contributed by atoms with van der Waals surface area (Å²) in [5, 5.41) is 11.6. The topological polar surface area (TPSA) is 61.3 Å². The molecule has 4 rings (SSSR count). The van der Waals surface area contributed by atoms with Crippen molar-refractivity contribution in [2.45, 2.75) is 19.4 Å². The first kappa shape index (κ1) is 18.2. The lowest BCUT2D eigenvalue weighted by molar-refractivity contribution is 0.295. The predicted molar refractivity (Wildman–Crippen MR) is 107 cm³/mol. The molecule has 0 radical (unpaired) electrons. The fraction of sp³-hybridized carbons (Fsp3) is 0.250. The highest BCUT2D eigenvalue weighted by Crippen LogP contribution is 2.40. The van der Waals surface area contributed by atoms with Crippen molar-refractivity contribution in [3.05, 3.63) is 79.3 Å². The molecule has 0 amide bonds. The number of hydrogen-bond donors (Lipinski definition) is 2. The number of imidazole rings is 1. The lowest BCUT2D eigenvalue weighted by atomic mass is 9.84. The number of nitrogens with one attached hydrogen (secondary N) is 1. The lowest BCUT2D eigenvalue weighted by Crippen LogP contribution is -2.32. The Morgan fingerprint density at radius 1 is 1.19 bits per heavy atom. The van der Waals surface area contributed by atoms with Gasteiger partial charge in [0.2, 0.25) is 5.88 Å². The number of fused-ring (bicyclic) bond motifs is 1. The van der Waals surface area contributed by atoms with Crippen molar-refractivity contribution in [1.29, 1.82) is 0 Å². The zero-order valence-corrected chi connectivity index (χ0v) is 16.5. The first-order valence-corrected chi connectivity index (χ1v) is 9.38. The first-order chi connectivity index (χ1) is 12.9. The van der Waals surface area contributed by atoms with Gasteiger partial charge in [-0.1, -0.05) is 41.4 Å². The zero-order valence-electron chi connectivity index (χ0n) is 15.0. The van der Waals surface area contributed by atoms with Crippen LogP contribution in [-0.4, -0.2) is 33.1 Å². The number of nitrogens with zero attached hydrogens (tertiary/aromatic N) is 2. The summed E-state index contributed by atoms with van der Waals surface area (Å²) in [6, 6.07) is 11.3. The van der Waals surface area contributed by atoms with Gasteiger partial charge in [-0.3, -0.25) is 0 Å². The Morgan fingerprint density at radius 2 is 1.93 bits per heavy atom. The van der Waals surface area contributed by atoms with Gasteiger partial charge in [-0.25, -0.2) is 9.36 Å². The van der Waals surface area contributed by atoms with E-state index >= 15 is 0 Å². The number of benzene rings is 2. The summed E-state index contributed by atoms with van der Waals surface area (Å²) >= 11 is 12.7. The number of halogens is 2. The predicted octanol–water partition coefficient (Wildman–Crippen LogP) is 4.06. The first-order valence-electron chi connectivity index (χ1n) is 8.63. The Labute approximate surface area is 166 Å². The van der Waals surface area contributed by atoms with Gasteiger partial charge in [-0.05, 0) is 48.9 Å². The standard InChI is InChI=1S/C20H19Cl2N3O2/c1-11-19(26)25(20(27)23-11)18-6-4-3-5-13(18)15-9-24(2)10-16-14(15)7-12(21)8-17(16)22/h3-8,15,26H,9-10H2,1-2H3,(H,23,27)/t15-/m0/s1. The maximum absolute atomic E-state index is 12.4. The highest BCUT2D eigenvalue weighted by Gasteiger charge is 2.29. The van der Waals surface area contributed by atoms with Gasteiger partial charge in [-0.15, -0.1) is 0 Å². The van der Waals surface area contributed by atoms with Gasteiger partial charge in [0.15, 0.2) is 0 Å². The van der Waals surface area contributed by atoms with Crippen molar-refractivity contribution < 1.29 is 5.11 Å². The Kier molecular flexibility index (Phi) is 4.54. The van der Waals surface area contributed by atoms with Crippen LogP contribution in [0, 0.1) is 6.92 Å². The van der Waals surface area contributed by atoms with E-state index in [9.17, 15) is 9.90 Å². The largest absolute Gasteiger partial charge is 0.493 e. The van der Waals surface area contributed by atoms with Crippen molar-refractivity contribution in [2.24, 2.45) is 0 Å². The van der Waals surface area contributed by atoms with Crippen LogP contribution < -0.4 is 5.69 Å². The van der Waals surface area contributed by atoms with E-state index in [0.29, 0.717) is 21.4 Å². The van der Waals surface area contributed by atoms with Gasteiger partial charge in [-0.2, -0.15) is 0 Å². The maximum Gasteiger partial charge on any atom is 0.333 e. The third-order valence-corrected chi connectivity index (χ3v) is 5.65. The van der Waals surface area contributed by atoms with Crippen LogP contribution in [0.25, 0.3) is 5.69 Å². The molecule has 5 nitrogen and oxygen atoms in total. The van der Waals surface area contributed by atoms with Gasteiger partial charge < -0.3 is 15.0 Å². The Bertz CT molecular complexity index is 1090. The van der Waals surface area contributed by atoms with Crippen LogP contribution in [0.5, 0.6) is 5.88 Å². The molecule has 0 fully saturated rings. The van der Waals surface area contributed by atoms with Crippen LogP contribution in [-0.2, 0) is 6.54 Å². The molecular weight excluding hydrogens is 385 g/mol. The number of rotatable bonds is 2. The minimum atomic E-state index is -0.369. The van der Waals surface area contributed by atoms with Crippen molar-refractivity contribution in [3.8, 4) is 11.6 Å². The van der Waals surface area contributed by atoms with E-state index < -0.39 is 0 Å². The van der Waals surface area contributed by atoms with E-state index in [2.05, 4.69) is 9.88 Å². The third kappa shape index (κ3) is 3.06. The van der Waals surface area contributed by atoms with Crippen LogP contribution in [0.3, 0.4) is 0 Å². The minimum Gasteiger partial charge on any atom is -0.493 e. The van der Waals surface area contributed by atoms with E-state index in [0.717, 1.165) is 29.8 Å². The van der Waals surface area contributed by atoms with E-state index in [1.54, 1.807) is 13.0 Å². The summed E-state index contributed by atoms with van der Waals surface area (Å²) in [6.45, 7) is 3.15. The van der Waals surface area contributed by atoms with Crippen LogP contribution in [0.4, 0.5) is 0 Å². The highest BCUT2D eigenvalue weighted by molar-refractivity contribution is 6.35. The summed E-state index contributed by atoms with van der Waals surface area (Å²) in [5.41, 5.74) is 3.73. The van der Waals surface area contributed by atoms with Gasteiger partial charge in [0, 0.05) is 29.1 Å². The van der Waals surface area contributed by atoms with Crippen molar-refractivity contribution in [3.63, 3.8) is 0 Å². The maximum atomic E-state index is 12.4. The molecule has 0 unspecified atom stereocenters. The zero-order chi connectivity index (χ0) is 19.3. The lowest BCUT2D eigenvalue weighted by Gasteiger charge is -2.34. The molecule has 2 heterocycles. The van der Waals surface area contributed by atoms with Gasteiger partial charge in [0.1, 0.15) is 0 Å². The molecule has 0 spiro atoms. The molecule has 27 heavy (non-hydrogen) atoms. The second kappa shape index (κ2) is 6.75. The van der Waals surface area contributed by atoms with E-state index in [-0.39, 0.29) is 17.5 Å². The quantitative estimate of drug-likeness (QED) is 0.677. The molecule has 1 atom stereocenters.